The molecule has 1 atom stereocenters. The Hall–Kier alpha value is -1.88. The molecule has 22 heavy (non-hydrogen) atoms. The largest absolute Gasteiger partial charge is 0.481 e. The van der Waals surface area contributed by atoms with Gasteiger partial charge in [-0.3, -0.25) is 9.59 Å². The predicted octanol–water partition coefficient (Wildman–Crippen LogP) is 1.91. The second kappa shape index (κ2) is 6.08. The number of carbonyl (C=O) groups is 2. The molecule has 0 spiro atoms. The van der Waals surface area contributed by atoms with Gasteiger partial charge in [-0.2, -0.15) is 0 Å². The van der Waals surface area contributed by atoms with Crippen molar-refractivity contribution in [2.24, 2.45) is 5.41 Å². The lowest BCUT2D eigenvalue weighted by Gasteiger charge is -2.31. The van der Waals surface area contributed by atoms with Crippen molar-refractivity contribution in [2.45, 2.75) is 25.7 Å². The molecular weight excluding hydrogens is 282 g/mol. The van der Waals surface area contributed by atoms with Gasteiger partial charge in [-0.1, -0.05) is 30.3 Å². The Morgan fingerprint density at radius 2 is 1.95 bits per heavy atom. The molecule has 0 aliphatic carbocycles. The molecule has 1 aromatic rings. The number of carbonyl (C=O) groups excluding carboxylic acids is 1. The van der Waals surface area contributed by atoms with Crippen molar-refractivity contribution in [1.82, 2.24) is 4.90 Å². The molecule has 1 amide bonds. The van der Waals surface area contributed by atoms with Gasteiger partial charge in [0.15, 0.2) is 0 Å². The Bertz CT molecular complexity index is 555. The van der Waals surface area contributed by atoms with E-state index in [1.54, 1.807) is 4.90 Å². The lowest BCUT2D eigenvalue weighted by molar-refractivity contribution is -0.152. The Morgan fingerprint density at radius 1 is 1.32 bits per heavy atom. The van der Waals surface area contributed by atoms with E-state index in [9.17, 15) is 14.7 Å². The van der Waals surface area contributed by atoms with Crippen LogP contribution < -0.4 is 0 Å². The zero-order valence-electron chi connectivity index (χ0n) is 13.3. The second-order valence-corrected chi connectivity index (χ2v) is 6.49. The van der Waals surface area contributed by atoms with E-state index in [2.05, 4.69) is 0 Å². The molecule has 5 heteroatoms. The summed E-state index contributed by atoms with van der Waals surface area (Å²) in [6, 6.07) is 9.57. The van der Waals surface area contributed by atoms with Crippen LogP contribution in [0.15, 0.2) is 30.3 Å². The zero-order valence-corrected chi connectivity index (χ0v) is 13.3. The van der Waals surface area contributed by atoms with Crippen LogP contribution in [0.3, 0.4) is 0 Å². The average Bonchev–Trinajstić information content (AvgIpc) is 2.93. The molecule has 1 unspecified atom stereocenters. The topological polar surface area (TPSA) is 66.8 Å². The fourth-order valence-electron chi connectivity index (χ4n) is 3.05. The molecule has 2 rings (SSSR count). The van der Waals surface area contributed by atoms with E-state index >= 15 is 0 Å². The van der Waals surface area contributed by atoms with Crippen LogP contribution in [0.5, 0.6) is 0 Å². The minimum absolute atomic E-state index is 0.0436. The van der Waals surface area contributed by atoms with E-state index in [1.807, 2.05) is 44.2 Å². The van der Waals surface area contributed by atoms with E-state index in [1.165, 1.54) is 7.11 Å². The molecule has 1 N–H and O–H groups in total. The van der Waals surface area contributed by atoms with Crippen LogP contribution in [-0.2, 0) is 19.7 Å². The number of methoxy groups -OCH3 is 1. The maximum absolute atomic E-state index is 12.9. The van der Waals surface area contributed by atoms with Crippen molar-refractivity contribution in [1.29, 1.82) is 0 Å². The number of carboxylic acid groups (broad SMARTS) is 1. The molecule has 0 saturated carbocycles. The number of benzene rings is 1. The van der Waals surface area contributed by atoms with Crippen LogP contribution in [0, 0.1) is 5.41 Å². The van der Waals surface area contributed by atoms with Gasteiger partial charge in [0.1, 0.15) is 5.41 Å². The fourth-order valence-corrected chi connectivity index (χ4v) is 3.05. The van der Waals surface area contributed by atoms with Crippen LogP contribution in [0.1, 0.15) is 25.8 Å². The zero-order chi connectivity index (χ0) is 16.4. The summed E-state index contributed by atoms with van der Waals surface area (Å²) in [5.41, 5.74) is -0.736. The molecule has 0 aromatic heterocycles. The number of hydrogen-bond donors (Lipinski definition) is 1. The average molecular weight is 305 g/mol. The molecule has 1 fully saturated rings. The highest BCUT2D eigenvalue weighted by molar-refractivity contribution is 5.88. The quantitative estimate of drug-likeness (QED) is 0.902. The predicted molar refractivity (Wildman–Crippen MR) is 82.6 cm³/mol. The van der Waals surface area contributed by atoms with Crippen LogP contribution in [0.2, 0.25) is 0 Å². The first-order chi connectivity index (χ1) is 10.3. The standard InChI is InChI=1S/C17H23NO4/c1-16(2,13-7-5-4-6-8-13)14(19)18-10-9-17(11-18,12-22-3)15(20)21/h4-8H,9-12H2,1-3H3,(H,20,21). The van der Waals surface area contributed by atoms with Gasteiger partial charge in [-0.05, 0) is 25.8 Å². The minimum atomic E-state index is -0.989. The molecule has 1 saturated heterocycles. The van der Waals surface area contributed by atoms with Gasteiger partial charge >= 0.3 is 5.97 Å². The van der Waals surface area contributed by atoms with Gasteiger partial charge in [-0.25, -0.2) is 0 Å². The second-order valence-electron chi connectivity index (χ2n) is 6.49. The number of ether oxygens (including phenoxy) is 1. The summed E-state index contributed by atoms with van der Waals surface area (Å²) in [5, 5.41) is 9.50. The summed E-state index contributed by atoms with van der Waals surface area (Å²) >= 11 is 0. The van der Waals surface area contributed by atoms with E-state index in [0.717, 1.165) is 5.56 Å². The first kappa shape index (κ1) is 16.5. The van der Waals surface area contributed by atoms with Crippen LogP contribution in [0.25, 0.3) is 0 Å². The molecule has 0 bridgehead atoms. The van der Waals surface area contributed by atoms with Crippen molar-refractivity contribution in [3.8, 4) is 0 Å². The first-order valence-electron chi connectivity index (χ1n) is 7.41. The van der Waals surface area contributed by atoms with Gasteiger partial charge in [0.05, 0.1) is 12.0 Å². The Morgan fingerprint density at radius 3 is 2.50 bits per heavy atom. The summed E-state index contributed by atoms with van der Waals surface area (Å²) in [6.07, 6.45) is 0.423. The molecule has 1 aromatic carbocycles. The van der Waals surface area contributed by atoms with Crippen LogP contribution >= 0.6 is 0 Å². The van der Waals surface area contributed by atoms with E-state index < -0.39 is 16.8 Å². The molecule has 120 valence electrons. The van der Waals surface area contributed by atoms with Gasteiger partial charge in [0, 0.05) is 20.2 Å². The van der Waals surface area contributed by atoms with Crippen molar-refractivity contribution in [2.75, 3.05) is 26.8 Å². The van der Waals surface area contributed by atoms with Gasteiger partial charge in [0.2, 0.25) is 5.91 Å². The van der Waals surface area contributed by atoms with E-state index in [0.29, 0.717) is 13.0 Å². The maximum atomic E-state index is 12.9. The summed E-state index contributed by atoms with van der Waals surface area (Å²) in [4.78, 5) is 26.1. The van der Waals surface area contributed by atoms with Gasteiger partial charge < -0.3 is 14.7 Å². The lowest BCUT2D eigenvalue weighted by Crippen LogP contribution is -2.45. The SMILES string of the molecule is COCC1(C(=O)O)CCN(C(=O)C(C)(C)c2ccccc2)C1. The fraction of sp³-hybridized carbons (Fsp3) is 0.529. The third kappa shape index (κ3) is 2.86. The number of nitrogens with zero attached hydrogens (tertiary/aromatic N) is 1. The highest BCUT2D eigenvalue weighted by Crippen LogP contribution is 2.35. The third-order valence-corrected chi connectivity index (χ3v) is 4.55. The smallest absolute Gasteiger partial charge is 0.313 e. The van der Waals surface area contributed by atoms with Crippen molar-refractivity contribution in [3.05, 3.63) is 35.9 Å². The van der Waals surface area contributed by atoms with Gasteiger partial charge in [-0.15, -0.1) is 0 Å². The first-order valence-corrected chi connectivity index (χ1v) is 7.41. The number of hydrogen-bond acceptors (Lipinski definition) is 3. The monoisotopic (exact) mass is 305 g/mol. The number of aliphatic carboxylic acids is 1. The van der Waals surface area contributed by atoms with Crippen molar-refractivity contribution >= 4 is 11.9 Å². The summed E-state index contributed by atoms with van der Waals surface area (Å²) in [7, 11) is 1.49. The number of carboxylic acids is 1. The summed E-state index contributed by atoms with van der Waals surface area (Å²) in [6.45, 7) is 4.53. The Labute approximate surface area is 130 Å². The third-order valence-electron chi connectivity index (χ3n) is 4.55. The molecular formula is C17H23NO4. The summed E-state index contributed by atoms with van der Waals surface area (Å²) < 4.78 is 5.07. The maximum Gasteiger partial charge on any atom is 0.313 e. The van der Waals surface area contributed by atoms with Crippen molar-refractivity contribution in [3.63, 3.8) is 0 Å². The number of rotatable bonds is 5. The van der Waals surface area contributed by atoms with E-state index in [4.69, 9.17) is 4.74 Å². The molecule has 1 heterocycles. The molecule has 1 aliphatic rings. The van der Waals surface area contributed by atoms with Crippen LogP contribution in [-0.4, -0.2) is 48.7 Å². The summed E-state index contributed by atoms with van der Waals surface area (Å²) in [5.74, 6) is -0.944. The number of likely N-dealkylation sites (tertiary alicyclic amines) is 1. The molecule has 5 nitrogen and oxygen atoms in total. The van der Waals surface area contributed by atoms with Crippen LogP contribution in [0.4, 0.5) is 0 Å². The highest BCUT2D eigenvalue weighted by atomic mass is 16.5. The molecule has 1 aliphatic heterocycles. The Balaban J connectivity index is 2.19. The van der Waals surface area contributed by atoms with E-state index in [-0.39, 0.29) is 19.1 Å². The van der Waals surface area contributed by atoms with Crippen molar-refractivity contribution < 1.29 is 19.4 Å². The molecule has 0 radical (unpaired) electrons. The number of amides is 1. The Kier molecular flexibility index (Phi) is 4.56. The highest BCUT2D eigenvalue weighted by Gasteiger charge is 2.48. The lowest BCUT2D eigenvalue weighted by atomic mass is 9.83. The minimum Gasteiger partial charge on any atom is -0.481 e. The van der Waals surface area contributed by atoms with Gasteiger partial charge in [0.25, 0.3) is 0 Å². The normalized spacial score (nSPS) is 21.9.